The summed E-state index contributed by atoms with van der Waals surface area (Å²) >= 11 is 0. The molecule has 0 heterocycles. The van der Waals surface area contributed by atoms with Crippen molar-refractivity contribution in [1.29, 1.82) is 0 Å². The molecule has 116 valence electrons. The van der Waals surface area contributed by atoms with E-state index in [2.05, 4.69) is 11.8 Å². The first kappa shape index (κ1) is 17.4. The Balaban J connectivity index is 2.63. The van der Waals surface area contributed by atoms with Crippen molar-refractivity contribution in [2.75, 3.05) is 20.6 Å². The Morgan fingerprint density at radius 2 is 1.90 bits per heavy atom. The molecule has 21 heavy (non-hydrogen) atoms. The second-order valence-electron chi connectivity index (χ2n) is 5.78. The summed E-state index contributed by atoms with van der Waals surface area (Å²) in [6.07, 6.45) is 7.90. The number of phenolic OH excluding ortho intramolecular Hbond substituents is 1. The summed E-state index contributed by atoms with van der Waals surface area (Å²) in [5, 5.41) is 9.25. The molecule has 0 bridgehead atoms. The van der Waals surface area contributed by atoms with E-state index in [1.54, 1.807) is 30.3 Å². The molecular formula is C18H27NO2. The van der Waals surface area contributed by atoms with Crippen LogP contribution >= 0.6 is 0 Å². The van der Waals surface area contributed by atoms with Crippen LogP contribution in [0.4, 0.5) is 0 Å². The summed E-state index contributed by atoms with van der Waals surface area (Å²) in [5.41, 5.74) is 0.929. The zero-order valence-electron chi connectivity index (χ0n) is 13.4. The van der Waals surface area contributed by atoms with Crippen molar-refractivity contribution in [3.8, 4) is 5.75 Å². The molecule has 0 spiro atoms. The molecular weight excluding hydrogens is 262 g/mol. The Kier molecular flexibility index (Phi) is 7.76. The third-order valence-electron chi connectivity index (χ3n) is 3.48. The minimum atomic E-state index is 0.0694. The molecule has 1 aromatic carbocycles. The van der Waals surface area contributed by atoms with Crippen molar-refractivity contribution in [2.45, 2.75) is 32.6 Å². The molecule has 0 fully saturated rings. The van der Waals surface area contributed by atoms with Gasteiger partial charge in [-0.05, 0) is 44.3 Å². The summed E-state index contributed by atoms with van der Waals surface area (Å²) in [5.74, 6) is 0.497. The topological polar surface area (TPSA) is 40.5 Å². The summed E-state index contributed by atoms with van der Waals surface area (Å²) in [6.45, 7) is 2.97. The minimum Gasteiger partial charge on any atom is -0.508 e. The number of aromatic hydroxyl groups is 1. The maximum absolute atomic E-state index is 12.4. The summed E-state index contributed by atoms with van der Waals surface area (Å²) in [6, 6.07) is 6.86. The fourth-order valence-corrected chi connectivity index (χ4v) is 2.30. The van der Waals surface area contributed by atoms with E-state index in [0.29, 0.717) is 0 Å². The number of nitrogens with zero attached hydrogens (tertiary/aromatic N) is 1. The van der Waals surface area contributed by atoms with Crippen LogP contribution < -0.4 is 0 Å². The van der Waals surface area contributed by atoms with E-state index < -0.39 is 0 Å². The highest BCUT2D eigenvalue weighted by Gasteiger charge is 2.16. The summed E-state index contributed by atoms with van der Waals surface area (Å²) in [4.78, 5) is 14.4. The van der Waals surface area contributed by atoms with Crippen LogP contribution in [0.3, 0.4) is 0 Å². The van der Waals surface area contributed by atoms with Crippen LogP contribution in [0.1, 0.15) is 38.2 Å². The lowest BCUT2D eigenvalue weighted by molar-refractivity contribution is -0.118. The van der Waals surface area contributed by atoms with Crippen LogP contribution in [0.25, 0.3) is 6.08 Å². The highest BCUT2D eigenvalue weighted by Crippen LogP contribution is 2.15. The molecule has 1 atom stereocenters. The number of phenols is 1. The predicted octanol–water partition coefficient (Wildman–Crippen LogP) is 3.73. The van der Waals surface area contributed by atoms with Gasteiger partial charge in [-0.3, -0.25) is 4.79 Å². The van der Waals surface area contributed by atoms with Crippen molar-refractivity contribution in [3.05, 3.63) is 35.9 Å². The van der Waals surface area contributed by atoms with Gasteiger partial charge in [-0.2, -0.15) is 0 Å². The quantitative estimate of drug-likeness (QED) is 0.556. The van der Waals surface area contributed by atoms with E-state index in [-0.39, 0.29) is 17.5 Å². The first-order chi connectivity index (χ1) is 10.0. The summed E-state index contributed by atoms with van der Waals surface area (Å²) in [7, 11) is 4.01. The number of unbranched alkanes of at least 4 members (excludes halogenated alkanes) is 2. The third kappa shape index (κ3) is 7.09. The van der Waals surface area contributed by atoms with Gasteiger partial charge in [0.05, 0.1) is 0 Å². The Morgan fingerprint density at radius 3 is 2.48 bits per heavy atom. The normalized spacial score (nSPS) is 13.0. The Hall–Kier alpha value is -1.61. The standard InChI is InChI=1S/C18H27NO2/c1-4-5-6-7-16(14-19(2)3)18(21)13-10-15-8-11-17(20)12-9-15/h8-13,16,20H,4-7,14H2,1-3H3/b13-10-/t16-/m1/s1. The van der Waals surface area contributed by atoms with Gasteiger partial charge in [0.2, 0.25) is 0 Å². The minimum absolute atomic E-state index is 0.0694. The second kappa shape index (κ2) is 9.35. The van der Waals surface area contributed by atoms with E-state index >= 15 is 0 Å². The fourth-order valence-electron chi connectivity index (χ4n) is 2.30. The van der Waals surface area contributed by atoms with Crippen LogP contribution in [-0.2, 0) is 4.79 Å². The zero-order chi connectivity index (χ0) is 15.7. The number of carbonyl (C=O) groups excluding carboxylic acids is 1. The van der Waals surface area contributed by atoms with E-state index in [9.17, 15) is 9.90 Å². The molecule has 1 N–H and O–H groups in total. The van der Waals surface area contributed by atoms with Gasteiger partial charge in [0.25, 0.3) is 0 Å². The number of rotatable bonds is 9. The smallest absolute Gasteiger partial charge is 0.160 e. The van der Waals surface area contributed by atoms with E-state index in [1.165, 1.54) is 12.8 Å². The molecule has 0 saturated heterocycles. The molecule has 0 aromatic heterocycles. The molecule has 0 saturated carbocycles. The average molecular weight is 289 g/mol. The van der Waals surface area contributed by atoms with Crippen LogP contribution in [0.15, 0.2) is 30.3 Å². The van der Waals surface area contributed by atoms with Gasteiger partial charge in [-0.25, -0.2) is 0 Å². The molecule has 0 radical (unpaired) electrons. The Morgan fingerprint density at radius 1 is 1.24 bits per heavy atom. The largest absolute Gasteiger partial charge is 0.508 e. The van der Waals surface area contributed by atoms with Gasteiger partial charge in [0.15, 0.2) is 5.78 Å². The zero-order valence-corrected chi connectivity index (χ0v) is 13.4. The number of hydrogen-bond acceptors (Lipinski definition) is 3. The van der Waals surface area contributed by atoms with Crippen LogP contribution in [-0.4, -0.2) is 36.4 Å². The lowest BCUT2D eigenvalue weighted by Gasteiger charge is -2.18. The van der Waals surface area contributed by atoms with E-state index in [1.807, 2.05) is 20.2 Å². The first-order valence-electron chi connectivity index (χ1n) is 7.68. The van der Waals surface area contributed by atoms with Gasteiger partial charge in [-0.1, -0.05) is 44.4 Å². The van der Waals surface area contributed by atoms with E-state index in [4.69, 9.17) is 0 Å². The number of hydrogen-bond donors (Lipinski definition) is 1. The van der Waals surface area contributed by atoms with Crippen LogP contribution in [0, 0.1) is 5.92 Å². The molecule has 0 amide bonds. The molecule has 0 aliphatic heterocycles. The molecule has 1 aromatic rings. The lowest BCUT2D eigenvalue weighted by Crippen LogP contribution is -2.27. The van der Waals surface area contributed by atoms with Gasteiger partial charge < -0.3 is 10.0 Å². The molecule has 0 unspecified atom stereocenters. The van der Waals surface area contributed by atoms with Gasteiger partial charge in [-0.15, -0.1) is 0 Å². The number of ketones is 1. The molecule has 0 aliphatic rings. The highest BCUT2D eigenvalue weighted by atomic mass is 16.3. The highest BCUT2D eigenvalue weighted by molar-refractivity contribution is 5.95. The van der Waals surface area contributed by atoms with Crippen molar-refractivity contribution >= 4 is 11.9 Å². The number of benzene rings is 1. The maximum atomic E-state index is 12.4. The first-order valence-corrected chi connectivity index (χ1v) is 7.68. The van der Waals surface area contributed by atoms with Gasteiger partial charge in [0.1, 0.15) is 5.75 Å². The number of allylic oxidation sites excluding steroid dienone is 1. The Labute approximate surface area is 128 Å². The van der Waals surface area contributed by atoms with E-state index in [0.717, 1.165) is 24.9 Å². The number of carbonyl (C=O) groups is 1. The Bertz CT molecular complexity index is 449. The fraction of sp³-hybridized carbons (Fsp3) is 0.500. The van der Waals surface area contributed by atoms with Gasteiger partial charge >= 0.3 is 0 Å². The van der Waals surface area contributed by atoms with Gasteiger partial charge in [0, 0.05) is 12.5 Å². The predicted molar refractivity (Wildman–Crippen MR) is 88.3 cm³/mol. The summed E-state index contributed by atoms with van der Waals surface area (Å²) < 4.78 is 0. The van der Waals surface area contributed by atoms with Crippen molar-refractivity contribution < 1.29 is 9.90 Å². The van der Waals surface area contributed by atoms with Crippen molar-refractivity contribution in [1.82, 2.24) is 4.90 Å². The van der Waals surface area contributed by atoms with Crippen molar-refractivity contribution in [2.24, 2.45) is 5.92 Å². The third-order valence-corrected chi connectivity index (χ3v) is 3.48. The molecule has 3 nitrogen and oxygen atoms in total. The monoisotopic (exact) mass is 289 g/mol. The lowest BCUT2D eigenvalue weighted by atomic mass is 9.95. The average Bonchev–Trinajstić information content (AvgIpc) is 2.45. The molecule has 3 heteroatoms. The SMILES string of the molecule is CCCCC[C@H](CN(C)C)C(=O)/C=C\c1ccc(O)cc1. The molecule has 0 aliphatic carbocycles. The van der Waals surface area contributed by atoms with Crippen LogP contribution in [0.5, 0.6) is 5.75 Å². The van der Waals surface area contributed by atoms with Crippen molar-refractivity contribution in [3.63, 3.8) is 0 Å². The molecule has 1 rings (SSSR count). The van der Waals surface area contributed by atoms with Crippen LogP contribution in [0.2, 0.25) is 0 Å². The second-order valence-corrected chi connectivity index (χ2v) is 5.78. The maximum Gasteiger partial charge on any atom is 0.160 e.